The van der Waals surface area contributed by atoms with Crippen molar-refractivity contribution in [2.75, 3.05) is 40.5 Å². The molecule has 0 aromatic rings. The van der Waals surface area contributed by atoms with Gasteiger partial charge in [-0.25, -0.2) is 4.79 Å². The summed E-state index contributed by atoms with van der Waals surface area (Å²) >= 11 is 0. The molecule has 0 aromatic carbocycles. The zero-order chi connectivity index (χ0) is 14.3. The Morgan fingerprint density at radius 1 is 1.37 bits per heavy atom. The minimum atomic E-state index is -1.05. The standard InChI is InChI=1S/C12H22N2O5/c1-18-7-6-14(8-10(15)16)11(17)13-9-12(19-2)4-3-5-12/h3-9H2,1-2H3,(H,13,17)(H,15,16). The number of nitrogens with zero attached hydrogens (tertiary/aromatic N) is 1. The van der Waals surface area contributed by atoms with E-state index in [4.69, 9.17) is 14.6 Å². The van der Waals surface area contributed by atoms with Crippen molar-refractivity contribution in [2.45, 2.75) is 24.9 Å². The molecule has 7 heteroatoms. The molecule has 1 fully saturated rings. The van der Waals surface area contributed by atoms with Gasteiger partial charge in [0.15, 0.2) is 0 Å². The molecule has 110 valence electrons. The molecule has 0 aliphatic heterocycles. The topological polar surface area (TPSA) is 88.1 Å². The molecule has 0 spiro atoms. The lowest BCUT2D eigenvalue weighted by Crippen LogP contribution is -2.53. The van der Waals surface area contributed by atoms with Crippen molar-refractivity contribution in [3.63, 3.8) is 0 Å². The van der Waals surface area contributed by atoms with Gasteiger partial charge < -0.3 is 24.8 Å². The number of rotatable bonds is 8. The van der Waals surface area contributed by atoms with E-state index in [2.05, 4.69) is 5.32 Å². The fourth-order valence-corrected chi connectivity index (χ4v) is 1.99. The molecule has 1 aliphatic carbocycles. The van der Waals surface area contributed by atoms with E-state index in [0.717, 1.165) is 19.3 Å². The molecule has 1 saturated carbocycles. The summed E-state index contributed by atoms with van der Waals surface area (Å²) in [5.74, 6) is -1.05. The SMILES string of the molecule is COCCN(CC(=O)O)C(=O)NCC1(OC)CCC1. The number of carboxylic acid groups (broad SMARTS) is 1. The fraction of sp³-hybridized carbons (Fsp3) is 0.833. The monoisotopic (exact) mass is 274 g/mol. The van der Waals surface area contributed by atoms with Crippen LogP contribution in [0.15, 0.2) is 0 Å². The number of hydrogen-bond donors (Lipinski definition) is 2. The zero-order valence-corrected chi connectivity index (χ0v) is 11.5. The van der Waals surface area contributed by atoms with E-state index in [9.17, 15) is 9.59 Å². The van der Waals surface area contributed by atoms with E-state index in [1.165, 1.54) is 12.0 Å². The summed E-state index contributed by atoms with van der Waals surface area (Å²) in [6.45, 7) is 0.616. The van der Waals surface area contributed by atoms with Crippen LogP contribution in [0.3, 0.4) is 0 Å². The number of ether oxygens (including phenoxy) is 2. The summed E-state index contributed by atoms with van der Waals surface area (Å²) < 4.78 is 10.3. The number of carbonyl (C=O) groups is 2. The van der Waals surface area contributed by atoms with Crippen molar-refractivity contribution >= 4 is 12.0 Å². The first-order valence-corrected chi connectivity index (χ1v) is 6.31. The van der Waals surface area contributed by atoms with Crippen LogP contribution in [0.1, 0.15) is 19.3 Å². The average molecular weight is 274 g/mol. The van der Waals surface area contributed by atoms with Gasteiger partial charge >= 0.3 is 12.0 Å². The van der Waals surface area contributed by atoms with Crippen LogP contribution in [0.25, 0.3) is 0 Å². The molecule has 1 rings (SSSR count). The number of aliphatic carboxylic acids is 1. The highest BCUT2D eigenvalue weighted by Crippen LogP contribution is 2.34. The number of urea groups is 1. The Balaban J connectivity index is 2.43. The Kier molecular flexibility index (Phi) is 6.04. The second-order valence-electron chi connectivity index (χ2n) is 4.71. The summed E-state index contributed by atoms with van der Waals surface area (Å²) in [5, 5.41) is 11.5. The van der Waals surface area contributed by atoms with Crippen molar-refractivity contribution in [1.82, 2.24) is 10.2 Å². The maximum absolute atomic E-state index is 11.9. The number of methoxy groups -OCH3 is 2. The van der Waals surface area contributed by atoms with Gasteiger partial charge in [-0.05, 0) is 19.3 Å². The molecular formula is C12H22N2O5. The molecule has 0 aromatic heterocycles. The van der Waals surface area contributed by atoms with E-state index >= 15 is 0 Å². The van der Waals surface area contributed by atoms with Crippen molar-refractivity contribution in [1.29, 1.82) is 0 Å². The van der Waals surface area contributed by atoms with Crippen LogP contribution in [0.4, 0.5) is 4.79 Å². The minimum absolute atomic E-state index is 0.245. The van der Waals surface area contributed by atoms with Crippen molar-refractivity contribution in [3.8, 4) is 0 Å². The van der Waals surface area contributed by atoms with E-state index in [1.54, 1.807) is 7.11 Å². The third-order valence-electron chi connectivity index (χ3n) is 3.44. The minimum Gasteiger partial charge on any atom is -0.480 e. The van der Waals surface area contributed by atoms with Gasteiger partial charge in [-0.1, -0.05) is 0 Å². The smallest absolute Gasteiger partial charge is 0.323 e. The van der Waals surface area contributed by atoms with Crippen molar-refractivity contribution < 1.29 is 24.2 Å². The maximum Gasteiger partial charge on any atom is 0.323 e. The second kappa shape index (κ2) is 7.30. The van der Waals surface area contributed by atoms with Gasteiger partial charge in [0.05, 0.1) is 12.2 Å². The maximum atomic E-state index is 11.9. The summed E-state index contributed by atoms with van der Waals surface area (Å²) in [6.07, 6.45) is 2.92. The first kappa shape index (κ1) is 15.7. The first-order valence-electron chi connectivity index (χ1n) is 6.31. The van der Waals surface area contributed by atoms with Gasteiger partial charge in [0.1, 0.15) is 6.54 Å². The van der Waals surface area contributed by atoms with Gasteiger partial charge in [-0.3, -0.25) is 4.79 Å². The van der Waals surface area contributed by atoms with Gasteiger partial charge in [0.2, 0.25) is 0 Å². The highest BCUT2D eigenvalue weighted by molar-refractivity contribution is 5.80. The molecule has 1 aliphatic rings. The summed E-state index contributed by atoms with van der Waals surface area (Å²) in [7, 11) is 3.14. The zero-order valence-electron chi connectivity index (χ0n) is 11.5. The number of amides is 2. The van der Waals surface area contributed by atoms with Crippen LogP contribution in [0.5, 0.6) is 0 Å². The highest BCUT2D eigenvalue weighted by atomic mass is 16.5. The third-order valence-corrected chi connectivity index (χ3v) is 3.44. The van der Waals surface area contributed by atoms with E-state index in [0.29, 0.717) is 13.2 Å². The number of carboxylic acids is 1. The van der Waals surface area contributed by atoms with E-state index < -0.39 is 12.0 Å². The first-order chi connectivity index (χ1) is 9.03. The lowest BCUT2D eigenvalue weighted by molar-refractivity contribution is -0.137. The molecule has 2 amide bonds. The van der Waals surface area contributed by atoms with Gasteiger partial charge in [0.25, 0.3) is 0 Å². The summed E-state index contributed by atoms with van der Waals surface area (Å²) in [6, 6.07) is -0.400. The molecule has 0 saturated heterocycles. The van der Waals surface area contributed by atoms with E-state index in [-0.39, 0.29) is 18.7 Å². The van der Waals surface area contributed by atoms with Crippen LogP contribution in [0, 0.1) is 0 Å². The summed E-state index contributed by atoms with van der Waals surface area (Å²) in [4.78, 5) is 23.9. The van der Waals surface area contributed by atoms with Gasteiger partial charge in [-0.2, -0.15) is 0 Å². The molecule has 0 atom stereocenters. The summed E-state index contributed by atoms with van der Waals surface area (Å²) in [5.41, 5.74) is -0.272. The fourth-order valence-electron chi connectivity index (χ4n) is 1.99. The third kappa shape index (κ3) is 4.68. The van der Waals surface area contributed by atoms with Crippen LogP contribution in [-0.4, -0.2) is 68.1 Å². The average Bonchev–Trinajstić information content (AvgIpc) is 2.33. The Morgan fingerprint density at radius 2 is 2.05 bits per heavy atom. The van der Waals surface area contributed by atoms with Crippen molar-refractivity contribution in [3.05, 3.63) is 0 Å². The van der Waals surface area contributed by atoms with Crippen molar-refractivity contribution in [2.24, 2.45) is 0 Å². The molecular weight excluding hydrogens is 252 g/mol. The van der Waals surface area contributed by atoms with Crippen LogP contribution < -0.4 is 5.32 Å². The predicted octanol–water partition coefficient (Wildman–Crippen LogP) is 0.298. The lowest BCUT2D eigenvalue weighted by atomic mass is 9.80. The number of nitrogens with one attached hydrogen (secondary N) is 1. The Bertz CT molecular complexity index is 312. The normalized spacial score (nSPS) is 16.5. The molecule has 19 heavy (non-hydrogen) atoms. The van der Waals surface area contributed by atoms with Gasteiger partial charge in [-0.15, -0.1) is 0 Å². The molecule has 0 radical (unpaired) electrons. The second-order valence-corrected chi connectivity index (χ2v) is 4.71. The largest absolute Gasteiger partial charge is 0.480 e. The lowest BCUT2D eigenvalue weighted by Gasteiger charge is -2.40. The predicted molar refractivity (Wildman–Crippen MR) is 68.1 cm³/mol. The quantitative estimate of drug-likeness (QED) is 0.664. The molecule has 0 bridgehead atoms. The van der Waals surface area contributed by atoms with Gasteiger partial charge in [0, 0.05) is 27.3 Å². The molecule has 7 nitrogen and oxygen atoms in total. The number of carbonyl (C=O) groups excluding carboxylic acids is 1. The Hall–Kier alpha value is -1.34. The Labute approximate surface area is 112 Å². The molecule has 0 heterocycles. The van der Waals surface area contributed by atoms with E-state index in [1.807, 2.05) is 0 Å². The van der Waals surface area contributed by atoms with Crippen LogP contribution >= 0.6 is 0 Å². The molecule has 2 N–H and O–H groups in total. The van der Waals surface area contributed by atoms with Crippen LogP contribution in [0.2, 0.25) is 0 Å². The van der Waals surface area contributed by atoms with Crippen LogP contribution in [-0.2, 0) is 14.3 Å². The highest BCUT2D eigenvalue weighted by Gasteiger charge is 2.37. The Morgan fingerprint density at radius 3 is 2.47 bits per heavy atom. The molecule has 0 unspecified atom stereocenters. The number of hydrogen-bond acceptors (Lipinski definition) is 4.